The first-order valence-corrected chi connectivity index (χ1v) is 33.2. The van der Waals surface area contributed by atoms with Gasteiger partial charge in [-0.1, -0.05) is 24.3 Å². The van der Waals surface area contributed by atoms with Crippen LogP contribution in [0.15, 0.2) is 110 Å². The summed E-state index contributed by atoms with van der Waals surface area (Å²) in [5, 5.41) is 46.9. The van der Waals surface area contributed by atoms with Crippen molar-refractivity contribution in [3.05, 3.63) is 155 Å². The monoisotopic (exact) mass is 1420 g/mol. The maximum Gasteiger partial charge on any atom is 0.305 e. The number of carboxylic acids is 1. The second-order valence-corrected chi connectivity index (χ2v) is 25.7. The number of fused-ring (bicyclic) bond motifs is 34. The third-order valence-corrected chi connectivity index (χ3v) is 18.0. The molecule has 0 spiro atoms. The largest absolute Gasteiger partial charge is 0.508 e. The molecule has 103 heavy (non-hydrogen) atoms. The van der Waals surface area contributed by atoms with Crippen LogP contribution in [0.1, 0.15) is 97.6 Å². The summed E-state index contributed by atoms with van der Waals surface area (Å²) in [6.45, 7) is 3.07. The summed E-state index contributed by atoms with van der Waals surface area (Å²) in [6.07, 6.45) is 3.34. The van der Waals surface area contributed by atoms with Crippen molar-refractivity contribution >= 4 is 98.7 Å². The van der Waals surface area contributed by atoms with E-state index in [1.54, 1.807) is 0 Å². The molecule has 12 amide bonds. The molecule has 2 bridgehead atoms. The maximum atomic E-state index is 15.2. The third kappa shape index (κ3) is 19.9. The summed E-state index contributed by atoms with van der Waals surface area (Å²) >= 11 is 0. The number of halogens is 2. The SMILES string of the molecule is CC(=O)N[C@H]1CCCNC(=O)c2ccc(cc2)C[C@@H](C(N)=O)NC(=O)[C@]2(C)CCCN2C(=O)[C@H](Cc2ccc(O)cc2)NC(=O)[C@H](CCc2cnc[nH]2)NC(=O)[C@H](CC(=O)O)NC(=O)[C@H](Cc2c[nH]c3cc(F)ccc23)NC(=O)[C@H](Cc2c[nH]c3ccc(F)cc23)NC(=O)CNC(=O)[C@H](C)NC1=O. The standard InChI is InChI=1S/C70H80F2N16O15/c1-36-61(95)78-34-58(91)82-54(27-42-32-76-49-19-14-43(71)28-48(42)49)65(99)84-55(26-41-31-77-52-29-44(72)13-18-47(41)52)66(100)85-56(30-59(92)93)67(101)83-51(20-15-45-33-74-35-79-45)64(98)86-57(25-39-9-16-46(90)17-10-39)68(102)88-23-5-21-70(88,3)69(103)87-53(60(73)94)24-38-7-11-40(12-8-38)62(96)75-22-4-6-50(63(97)80-36)81-37(2)89/h7-14,16-19,28-29,31-33,35-36,50-51,53-57,76-77,90H,4-6,15,20-27,30,34H2,1-3H3,(H2,73,94)(H,74,79)(H,75,96)(H,78,95)(H,80,97)(H,81,89)(H,82,91)(H,83,101)(H,84,99)(H,85,100)(H,86,98)(H,87,103)(H,92,93)/t36-,50-,51-,53-,54-,55-,56-,57-,70-/m0/s1. The van der Waals surface area contributed by atoms with Gasteiger partial charge in [0.2, 0.25) is 65.0 Å². The number of carbonyl (C=O) groups is 13. The number of phenolic OH excluding ortho intramolecular Hbond substituents is 1. The smallest absolute Gasteiger partial charge is 0.305 e. The quantitative estimate of drug-likeness (QED) is 0.0684. The number of hydrogen-bond acceptors (Lipinski definition) is 15. The number of rotatable bonds is 13. The molecular weight excluding hydrogens is 1340 g/mol. The molecule has 3 aromatic heterocycles. The number of aromatic hydroxyl groups is 1. The minimum atomic E-state index is -2.05. The molecule has 544 valence electrons. The second-order valence-electron chi connectivity index (χ2n) is 25.7. The van der Waals surface area contributed by atoms with Crippen molar-refractivity contribution in [3.8, 4) is 5.75 Å². The molecule has 7 aromatic rings. The van der Waals surface area contributed by atoms with Crippen molar-refractivity contribution in [3.63, 3.8) is 0 Å². The zero-order valence-corrected chi connectivity index (χ0v) is 56.3. The summed E-state index contributed by atoms with van der Waals surface area (Å²) in [4.78, 5) is 197. The molecule has 10 rings (SSSR count). The molecule has 9 atom stereocenters. The van der Waals surface area contributed by atoms with Crippen molar-refractivity contribution < 1.29 is 81.3 Å². The normalized spacial score (nSPS) is 23.1. The van der Waals surface area contributed by atoms with Crippen LogP contribution < -0.4 is 58.9 Å². The number of carbonyl (C=O) groups excluding carboxylic acids is 12. The Hall–Kier alpha value is -12.1. The van der Waals surface area contributed by atoms with Gasteiger partial charge in [0, 0.05) is 97.4 Å². The van der Waals surface area contributed by atoms with Crippen LogP contribution in [0.3, 0.4) is 0 Å². The Morgan fingerprint density at radius 2 is 1.30 bits per heavy atom. The van der Waals surface area contributed by atoms with E-state index in [4.69, 9.17) is 5.73 Å². The number of H-pyrrole nitrogens is 3. The van der Waals surface area contributed by atoms with Crippen molar-refractivity contribution in [1.82, 2.24) is 78.0 Å². The Morgan fingerprint density at radius 1 is 0.670 bits per heavy atom. The number of nitrogens with zero attached hydrogens (tertiary/aromatic N) is 2. The number of imidazole rings is 1. The number of phenols is 1. The third-order valence-electron chi connectivity index (χ3n) is 18.0. The van der Waals surface area contributed by atoms with Crippen LogP contribution in [0.25, 0.3) is 21.8 Å². The Morgan fingerprint density at radius 3 is 1.98 bits per heavy atom. The van der Waals surface area contributed by atoms with E-state index in [2.05, 4.69) is 73.1 Å². The van der Waals surface area contributed by atoms with Gasteiger partial charge in [0.25, 0.3) is 5.91 Å². The first-order chi connectivity index (χ1) is 49.1. The molecule has 0 saturated carbocycles. The first-order valence-electron chi connectivity index (χ1n) is 33.2. The molecular formula is C70H80F2N16O15. The second kappa shape index (κ2) is 33.9. The van der Waals surface area contributed by atoms with Crippen LogP contribution in [0.2, 0.25) is 0 Å². The van der Waals surface area contributed by atoms with E-state index in [0.29, 0.717) is 27.7 Å². The van der Waals surface area contributed by atoms with Crippen LogP contribution in [0, 0.1) is 11.6 Å². The van der Waals surface area contributed by atoms with Crippen LogP contribution in [0.5, 0.6) is 5.75 Å². The Kier molecular flexibility index (Phi) is 24.7. The highest BCUT2D eigenvalue weighted by molar-refractivity contribution is 6.01. The summed E-state index contributed by atoms with van der Waals surface area (Å²) in [5.41, 5.74) is 6.95. The lowest BCUT2D eigenvalue weighted by Crippen LogP contribution is -2.63. The number of primary amides is 1. The molecule has 4 aromatic carbocycles. The number of aryl methyl sites for hydroxylation is 1. The Labute approximate surface area is 587 Å². The minimum Gasteiger partial charge on any atom is -0.508 e. The maximum absolute atomic E-state index is 15.2. The van der Waals surface area contributed by atoms with Gasteiger partial charge in [-0.3, -0.25) is 62.3 Å². The number of aromatic amines is 3. The van der Waals surface area contributed by atoms with Gasteiger partial charge in [0.05, 0.1) is 19.3 Å². The Balaban J connectivity index is 1.06. The van der Waals surface area contributed by atoms with Crippen molar-refractivity contribution in [2.75, 3.05) is 19.6 Å². The molecule has 1 saturated heterocycles. The molecule has 0 unspecified atom stereocenters. The van der Waals surface area contributed by atoms with Crippen molar-refractivity contribution in [1.29, 1.82) is 0 Å². The number of aromatic nitrogens is 4. The summed E-state index contributed by atoms with van der Waals surface area (Å²) in [7, 11) is 0. The summed E-state index contributed by atoms with van der Waals surface area (Å²) in [6, 6.07) is 6.44. The van der Waals surface area contributed by atoms with E-state index in [0.717, 1.165) is 12.1 Å². The van der Waals surface area contributed by atoms with Gasteiger partial charge in [-0.25, -0.2) is 13.8 Å². The van der Waals surface area contributed by atoms with E-state index < -0.39 is 168 Å². The molecule has 17 N–H and O–H groups in total. The van der Waals surface area contributed by atoms with Gasteiger partial charge in [-0.05, 0) is 135 Å². The van der Waals surface area contributed by atoms with E-state index in [-0.39, 0.29) is 97.8 Å². The fraction of sp³-hybridized carbons (Fsp3) is 0.371. The lowest BCUT2D eigenvalue weighted by molar-refractivity contribution is -0.147. The number of nitrogens with two attached hydrogens (primary N) is 1. The van der Waals surface area contributed by atoms with Crippen molar-refractivity contribution in [2.24, 2.45) is 5.73 Å². The average Bonchev–Trinajstić information content (AvgIpc) is 1.71. The summed E-state index contributed by atoms with van der Waals surface area (Å²) in [5.74, 6) is -14.0. The molecule has 0 aliphatic carbocycles. The van der Waals surface area contributed by atoms with E-state index >= 15 is 19.2 Å². The molecule has 33 heteroatoms. The fourth-order valence-electron chi connectivity index (χ4n) is 12.4. The molecule has 3 aliphatic rings. The van der Waals surface area contributed by atoms with Gasteiger partial charge in [0.1, 0.15) is 71.3 Å². The number of nitrogens with one attached hydrogen (secondary N) is 13. The van der Waals surface area contributed by atoms with E-state index in [9.17, 15) is 62.1 Å². The lowest BCUT2D eigenvalue weighted by Gasteiger charge is -2.37. The number of aliphatic carboxylic acids is 1. The lowest BCUT2D eigenvalue weighted by atomic mass is 9.94. The van der Waals surface area contributed by atoms with Crippen molar-refractivity contribution in [2.45, 2.75) is 145 Å². The van der Waals surface area contributed by atoms with Crippen LogP contribution in [-0.2, 0) is 89.6 Å². The van der Waals surface area contributed by atoms with Gasteiger partial charge in [0.15, 0.2) is 0 Å². The Bertz CT molecular complexity index is 4340. The number of carboxylic acid groups (broad SMARTS) is 1. The predicted octanol–water partition coefficient (Wildman–Crippen LogP) is 0.159. The highest BCUT2D eigenvalue weighted by atomic mass is 19.1. The minimum absolute atomic E-state index is 0.00222. The molecule has 0 radical (unpaired) electrons. The first kappa shape index (κ1) is 75.1. The highest BCUT2D eigenvalue weighted by Gasteiger charge is 2.49. The number of hydrogen-bond donors (Lipinski definition) is 16. The summed E-state index contributed by atoms with van der Waals surface area (Å²) < 4.78 is 29.4. The zero-order valence-electron chi connectivity index (χ0n) is 56.3. The van der Waals surface area contributed by atoms with Crippen LogP contribution in [-0.4, -0.2) is 185 Å². The van der Waals surface area contributed by atoms with Gasteiger partial charge < -0.3 is 89.0 Å². The predicted molar refractivity (Wildman–Crippen MR) is 365 cm³/mol. The number of amides is 12. The average molecular weight is 1420 g/mol. The van der Waals surface area contributed by atoms with E-state index in [1.807, 2.05) is 0 Å². The highest BCUT2D eigenvalue weighted by Crippen LogP contribution is 2.32. The molecule has 6 heterocycles. The van der Waals surface area contributed by atoms with Gasteiger partial charge >= 0.3 is 5.97 Å². The van der Waals surface area contributed by atoms with Crippen LogP contribution in [0.4, 0.5) is 8.78 Å². The van der Waals surface area contributed by atoms with Gasteiger partial charge in [-0.15, -0.1) is 0 Å². The number of benzene rings is 4. The fourth-order valence-corrected chi connectivity index (χ4v) is 12.4. The zero-order chi connectivity index (χ0) is 74.2. The molecule has 31 nitrogen and oxygen atoms in total. The molecule has 1 fully saturated rings. The topological polar surface area (TPSA) is 472 Å². The van der Waals surface area contributed by atoms with Gasteiger partial charge in [-0.2, -0.15) is 0 Å². The van der Waals surface area contributed by atoms with E-state index in [1.165, 1.54) is 123 Å². The van der Waals surface area contributed by atoms with Crippen LogP contribution >= 0.6 is 0 Å². The molecule has 3 aliphatic heterocycles.